The normalized spacial score (nSPS) is 21.5. The number of hydrogen-bond donors (Lipinski definition) is 1. The molecule has 1 amide bonds. The molecular formula is C37H38INO6. The minimum Gasteiger partial charge on any atom is -0.369 e. The Balaban J connectivity index is 1.40. The number of rotatable bonds is 14. The number of halogens is 1. The molecule has 234 valence electrons. The third kappa shape index (κ3) is 9.56. The fourth-order valence-corrected chi connectivity index (χ4v) is 5.81. The van der Waals surface area contributed by atoms with E-state index in [1.165, 1.54) is 0 Å². The summed E-state index contributed by atoms with van der Waals surface area (Å²) in [5.41, 5.74) is 3.71. The van der Waals surface area contributed by atoms with Crippen LogP contribution in [-0.4, -0.2) is 56.9 Å². The molecule has 45 heavy (non-hydrogen) atoms. The van der Waals surface area contributed by atoms with Crippen molar-refractivity contribution in [3.8, 4) is 0 Å². The number of methoxy groups -OCH3 is 1. The van der Waals surface area contributed by atoms with E-state index < -0.39 is 30.7 Å². The van der Waals surface area contributed by atoms with Gasteiger partial charge < -0.3 is 29.0 Å². The minimum atomic E-state index is -0.757. The molecule has 5 atom stereocenters. The highest BCUT2D eigenvalue weighted by Gasteiger charge is 2.48. The van der Waals surface area contributed by atoms with Crippen molar-refractivity contribution in [3.63, 3.8) is 0 Å². The van der Waals surface area contributed by atoms with E-state index >= 15 is 0 Å². The molecular weight excluding hydrogens is 681 g/mol. The summed E-state index contributed by atoms with van der Waals surface area (Å²) in [6.45, 7) is 1.17. The molecule has 1 aliphatic rings. The van der Waals surface area contributed by atoms with Gasteiger partial charge in [0.15, 0.2) is 6.29 Å². The molecule has 0 saturated carbocycles. The van der Waals surface area contributed by atoms with E-state index in [4.69, 9.17) is 23.7 Å². The molecule has 0 bridgehead atoms. The van der Waals surface area contributed by atoms with Crippen molar-refractivity contribution in [2.24, 2.45) is 0 Å². The first-order valence-electron chi connectivity index (χ1n) is 15.0. The van der Waals surface area contributed by atoms with Crippen LogP contribution in [0.1, 0.15) is 27.0 Å². The van der Waals surface area contributed by atoms with Crippen LogP contribution in [0.15, 0.2) is 121 Å². The van der Waals surface area contributed by atoms with Gasteiger partial charge in [0.05, 0.1) is 25.4 Å². The Morgan fingerprint density at radius 1 is 0.756 bits per heavy atom. The van der Waals surface area contributed by atoms with Gasteiger partial charge in [-0.2, -0.15) is 0 Å². The van der Waals surface area contributed by atoms with Crippen LogP contribution < -0.4 is 5.32 Å². The SMILES string of the molecule is CO[C@H]1O[C@H](CNC(=O)c2ccccc2I)[C@H](OC/C=C/c2ccccc2)[C@H](OCc2ccccc2)[C@H]1OCc1ccccc1. The second kappa shape index (κ2) is 17.4. The summed E-state index contributed by atoms with van der Waals surface area (Å²) >= 11 is 2.17. The van der Waals surface area contributed by atoms with Crippen LogP contribution in [0.5, 0.6) is 0 Å². The maximum absolute atomic E-state index is 13.2. The number of nitrogens with one attached hydrogen (secondary N) is 1. The molecule has 0 aliphatic carbocycles. The molecule has 0 spiro atoms. The summed E-state index contributed by atoms with van der Waals surface area (Å²) in [6, 6.07) is 37.4. The Kier molecular flexibility index (Phi) is 12.7. The van der Waals surface area contributed by atoms with E-state index in [1.54, 1.807) is 13.2 Å². The van der Waals surface area contributed by atoms with Crippen molar-refractivity contribution in [3.05, 3.63) is 147 Å². The van der Waals surface area contributed by atoms with Crippen LogP contribution >= 0.6 is 22.6 Å². The van der Waals surface area contributed by atoms with Crippen molar-refractivity contribution < 1.29 is 28.5 Å². The molecule has 1 heterocycles. The van der Waals surface area contributed by atoms with Gasteiger partial charge in [0.1, 0.15) is 24.4 Å². The molecule has 0 radical (unpaired) electrons. The fourth-order valence-electron chi connectivity index (χ4n) is 5.18. The molecule has 1 aliphatic heterocycles. The van der Waals surface area contributed by atoms with Crippen LogP contribution in [0, 0.1) is 3.57 Å². The molecule has 5 rings (SSSR count). The highest BCUT2D eigenvalue weighted by atomic mass is 127. The van der Waals surface area contributed by atoms with Gasteiger partial charge in [0.2, 0.25) is 0 Å². The first-order valence-corrected chi connectivity index (χ1v) is 16.1. The molecule has 4 aromatic carbocycles. The van der Waals surface area contributed by atoms with E-state index in [2.05, 4.69) is 27.9 Å². The number of amides is 1. The number of ether oxygens (including phenoxy) is 5. The molecule has 1 saturated heterocycles. The average molecular weight is 720 g/mol. The van der Waals surface area contributed by atoms with E-state index in [0.717, 1.165) is 20.3 Å². The fraction of sp³-hybridized carbons (Fsp3) is 0.270. The maximum atomic E-state index is 13.2. The number of hydrogen-bond acceptors (Lipinski definition) is 6. The van der Waals surface area contributed by atoms with Gasteiger partial charge in [-0.1, -0.05) is 115 Å². The Morgan fingerprint density at radius 2 is 1.33 bits per heavy atom. The lowest BCUT2D eigenvalue weighted by Crippen LogP contribution is -2.62. The van der Waals surface area contributed by atoms with Gasteiger partial charge in [-0.25, -0.2) is 0 Å². The van der Waals surface area contributed by atoms with Crippen LogP contribution in [0.2, 0.25) is 0 Å². The summed E-state index contributed by atoms with van der Waals surface area (Å²) in [5, 5.41) is 3.05. The van der Waals surface area contributed by atoms with Gasteiger partial charge in [-0.3, -0.25) is 4.79 Å². The van der Waals surface area contributed by atoms with Crippen molar-refractivity contribution in [2.45, 2.75) is 43.9 Å². The summed E-state index contributed by atoms with van der Waals surface area (Å²) in [7, 11) is 1.59. The Bertz CT molecular complexity index is 1490. The van der Waals surface area contributed by atoms with Crippen LogP contribution in [0.4, 0.5) is 0 Å². The van der Waals surface area contributed by atoms with Crippen molar-refractivity contribution in [1.29, 1.82) is 0 Å². The van der Waals surface area contributed by atoms with Gasteiger partial charge in [-0.15, -0.1) is 0 Å². The third-order valence-corrected chi connectivity index (χ3v) is 8.41. The van der Waals surface area contributed by atoms with Crippen molar-refractivity contribution >= 4 is 34.6 Å². The van der Waals surface area contributed by atoms with E-state index in [1.807, 2.05) is 121 Å². The first-order chi connectivity index (χ1) is 22.1. The zero-order chi connectivity index (χ0) is 31.3. The van der Waals surface area contributed by atoms with Crippen LogP contribution in [0.25, 0.3) is 6.08 Å². The highest BCUT2D eigenvalue weighted by molar-refractivity contribution is 14.1. The predicted octanol–water partition coefficient (Wildman–Crippen LogP) is 6.66. The molecule has 1 N–H and O–H groups in total. The van der Waals surface area contributed by atoms with E-state index in [9.17, 15) is 4.79 Å². The maximum Gasteiger partial charge on any atom is 0.252 e. The van der Waals surface area contributed by atoms with E-state index in [0.29, 0.717) is 25.4 Å². The monoisotopic (exact) mass is 719 g/mol. The Labute approximate surface area is 278 Å². The number of benzene rings is 4. The quantitative estimate of drug-likeness (QED) is 0.147. The van der Waals surface area contributed by atoms with Crippen LogP contribution in [-0.2, 0) is 36.9 Å². The van der Waals surface area contributed by atoms with Gasteiger partial charge in [0, 0.05) is 17.2 Å². The van der Waals surface area contributed by atoms with Gasteiger partial charge in [0.25, 0.3) is 5.91 Å². The van der Waals surface area contributed by atoms with Crippen molar-refractivity contribution in [1.82, 2.24) is 5.32 Å². The second-order valence-electron chi connectivity index (χ2n) is 10.6. The molecule has 0 aromatic heterocycles. The second-order valence-corrected chi connectivity index (χ2v) is 11.8. The van der Waals surface area contributed by atoms with Crippen molar-refractivity contribution in [2.75, 3.05) is 20.3 Å². The summed E-state index contributed by atoms with van der Waals surface area (Å²) < 4.78 is 32.8. The lowest BCUT2D eigenvalue weighted by Gasteiger charge is -2.45. The molecule has 1 fully saturated rings. The van der Waals surface area contributed by atoms with Gasteiger partial charge >= 0.3 is 0 Å². The number of carbonyl (C=O) groups is 1. The van der Waals surface area contributed by atoms with Crippen LogP contribution in [0.3, 0.4) is 0 Å². The largest absolute Gasteiger partial charge is 0.369 e. The lowest BCUT2D eigenvalue weighted by molar-refractivity contribution is -0.313. The molecule has 4 aromatic rings. The summed E-state index contributed by atoms with van der Waals surface area (Å²) in [6.07, 6.45) is 0.875. The zero-order valence-electron chi connectivity index (χ0n) is 25.2. The highest BCUT2D eigenvalue weighted by Crippen LogP contribution is 2.30. The molecule has 7 nitrogen and oxygen atoms in total. The predicted molar refractivity (Wildman–Crippen MR) is 182 cm³/mol. The molecule has 8 heteroatoms. The standard InChI is InChI=1S/C37H38INO6/c1-41-37-35(44-26-29-18-9-4-10-19-29)34(43-25-28-16-7-3-8-17-28)33(42-23-13-20-27-14-5-2-6-15-27)32(45-37)24-39-36(40)30-21-11-12-22-31(30)38/h2-22,32-35,37H,23-26H2,1H3,(H,39,40)/b20-13+/t32-,33+,34+,35-,37+/m1/s1. The summed E-state index contributed by atoms with van der Waals surface area (Å²) in [4.78, 5) is 13.2. The van der Waals surface area contributed by atoms with E-state index in [-0.39, 0.29) is 12.5 Å². The topological polar surface area (TPSA) is 75.3 Å². The summed E-state index contributed by atoms with van der Waals surface area (Å²) in [5.74, 6) is -0.190. The Morgan fingerprint density at radius 3 is 1.96 bits per heavy atom. The Hall–Kier alpha value is -3.38. The average Bonchev–Trinajstić information content (AvgIpc) is 3.09. The minimum absolute atomic E-state index is 0.188. The first kappa shape index (κ1) is 33.0. The zero-order valence-corrected chi connectivity index (χ0v) is 27.3. The third-order valence-electron chi connectivity index (χ3n) is 7.47. The molecule has 0 unspecified atom stereocenters. The number of carbonyl (C=O) groups excluding carboxylic acids is 1. The van der Waals surface area contributed by atoms with Gasteiger partial charge in [-0.05, 0) is 51.4 Å². The smallest absolute Gasteiger partial charge is 0.252 e. The lowest BCUT2D eigenvalue weighted by atomic mass is 9.97.